The van der Waals surface area contributed by atoms with Gasteiger partial charge in [0.2, 0.25) is 0 Å². The van der Waals surface area contributed by atoms with Crippen molar-refractivity contribution in [3.05, 3.63) is 89.4 Å². The fraction of sp³-hybridized carbons (Fsp3) is 0.296. The first-order valence-corrected chi connectivity index (χ1v) is 11.2. The fourth-order valence-corrected chi connectivity index (χ4v) is 3.40. The van der Waals surface area contributed by atoms with E-state index in [1.807, 2.05) is 82.3 Å². The molecule has 0 radical (unpaired) electrons. The third-order valence-electron chi connectivity index (χ3n) is 4.93. The average molecular weight is 453 g/mol. The molecule has 0 N–H and O–H groups in total. The maximum Gasteiger partial charge on any atom is 0.348 e. The summed E-state index contributed by atoms with van der Waals surface area (Å²) in [6.45, 7) is 7.90. The minimum absolute atomic E-state index is 0.0641. The molecule has 0 aromatic heterocycles. The standard InChI is InChI=1S/C27H29ClO4/c1-18(2)25(20-9-8-12-24(17-20)30-22-10-6-5-7-11-22)32-27(29)26(19(3)4)31-23-15-13-21(28)14-16-23/h5-19,25-26H,1-4H3. The molecule has 0 saturated carbocycles. The van der Waals surface area contributed by atoms with Gasteiger partial charge in [0.05, 0.1) is 0 Å². The van der Waals surface area contributed by atoms with Gasteiger partial charge < -0.3 is 14.2 Å². The van der Waals surface area contributed by atoms with E-state index in [1.54, 1.807) is 24.3 Å². The Bertz CT molecular complexity index is 1000. The fourth-order valence-electron chi connectivity index (χ4n) is 3.28. The zero-order valence-corrected chi connectivity index (χ0v) is 19.6. The van der Waals surface area contributed by atoms with Crippen molar-refractivity contribution in [2.45, 2.75) is 39.9 Å². The van der Waals surface area contributed by atoms with E-state index in [-0.39, 0.29) is 11.8 Å². The zero-order valence-electron chi connectivity index (χ0n) is 18.8. The molecule has 4 nitrogen and oxygen atoms in total. The summed E-state index contributed by atoms with van der Waals surface area (Å²) >= 11 is 5.95. The number of rotatable bonds is 9. The van der Waals surface area contributed by atoms with Crippen LogP contribution in [0.15, 0.2) is 78.9 Å². The number of para-hydroxylation sites is 1. The highest BCUT2D eigenvalue weighted by molar-refractivity contribution is 6.30. The second kappa shape index (κ2) is 11.1. The van der Waals surface area contributed by atoms with Gasteiger partial charge in [-0.3, -0.25) is 0 Å². The van der Waals surface area contributed by atoms with Crippen LogP contribution in [0.2, 0.25) is 5.02 Å². The van der Waals surface area contributed by atoms with Gasteiger partial charge in [0.1, 0.15) is 23.4 Å². The van der Waals surface area contributed by atoms with Gasteiger partial charge in [-0.2, -0.15) is 0 Å². The SMILES string of the molecule is CC(C)C(Oc1ccc(Cl)cc1)C(=O)OC(c1cccc(Oc2ccccc2)c1)C(C)C. The summed E-state index contributed by atoms with van der Waals surface area (Å²) in [5, 5.41) is 0.610. The summed E-state index contributed by atoms with van der Waals surface area (Å²) < 4.78 is 17.9. The predicted molar refractivity (Wildman–Crippen MR) is 127 cm³/mol. The van der Waals surface area contributed by atoms with Gasteiger partial charge in [-0.25, -0.2) is 4.79 Å². The lowest BCUT2D eigenvalue weighted by Gasteiger charge is -2.27. The quantitative estimate of drug-likeness (QED) is 0.316. The minimum atomic E-state index is -0.735. The summed E-state index contributed by atoms with van der Waals surface area (Å²) in [5.41, 5.74) is 0.871. The molecule has 0 saturated heterocycles. The van der Waals surface area contributed by atoms with Crippen LogP contribution < -0.4 is 9.47 Å². The van der Waals surface area contributed by atoms with Crippen LogP contribution in [-0.4, -0.2) is 12.1 Å². The van der Waals surface area contributed by atoms with Crippen LogP contribution in [-0.2, 0) is 9.53 Å². The molecule has 5 heteroatoms. The largest absolute Gasteiger partial charge is 0.478 e. The summed E-state index contributed by atoms with van der Waals surface area (Å²) in [4.78, 5) is 13.1. The maximum atomic E-state index is 13.1. The number of esters is 1. The molecule has 0 aliphatic carbocycles. The van der Waals surface area contributed by atoms with E-state index in [0.717, 1.165) is 11.3 Å². The van der Waals surface area contributed by atoms with Gasteiger partial charge in [-0.15, -0.1) is 0 Å². The molecule has 0 heterocycles. The number of halogens is 1. The van der Waals surface area contributed by atoms with Crippen LogP contribution in [0.25, 0.3) is 0 Å². The van der Waals surface area contributed by atoms with Gasteiger partial charge >= 0.3 is 5.97 Å². The second-order valence-electron chi connectivity index (χ2n) is 8.33. The van der Waals surface area contributed by atoms with Crippen molar-refractivity contribution < 1.29 is 19.0 Å². The molecule has 168 valence electrons. The molecule has 0 fully saturated rings. The molecule has 3 aromatic carbocycles. The Morgan fingerprint density at radius 3 is 2.03 bits per heavy atom. The maximum absolute atomic E-state index is 13.1. The molecule has 0 bridgehead atoms. The Morgan fingerprint density at radius 1 is 0.750 bits per heavy atom. The molecule has 3 rings (SSSR count). The molecule has 2 atom stereocenters. The monoisotopic (exact) mass is 452 g/mol. The lowest BCUT2D eigenvalue weighted by molar-refractivity contribution is -0.162. The van der Waals surface area contributed by atoms with Crippen molar-refractivity contribution in [2.75, 3.05) is 0 Å². The number of benzene rings is 3. The van der Waals surface area contributed by atoms with Gasteiger partial charge in [-0.1, -0.05) is 69.6 Å². The van der Waals surface area contributed by atoms with Crippen LogP contribution in [0.4, 0.5) is 0 Å². The molecule has 0 aliphatic rings. The third kappa shape index (κ3) is 6.51. The lowest BCUT2D eigenvalue weighted by atomic mass is 9.98. The highest BCUT2D eigenvalue weighted by Gasteiger charge is 2.30. The van der Waals surface area contributed by atoms with Crippen LogP contribution in [0.5, 0.6) is 17.2 Å². The highest BCUT2D eigenvalue weighted by atomic mass is 35.5. The van der Waals surface area contributed by atoms with E-state index < -0.39 is 18.2 Å². The summed E-state index contributed by atoms with van der Waals surface area (Å²) in [6.07, 6.45) is -1.17. The lowest BCUT2D eigenvalue weighted by Crippen LogP contribution is -2.35. The number of carbonyl (C=O) groups excluding carboxylic acids is 1. The van der Waals surface area contributed by atoms with Crippen LogP contribution in [0, 0.1) is 11.8 Å². The molecule has 2 unspecified atom stereocenters. The summed E-state index contributed by atoms with van der Waals surface area (Å²) in [6, 6.07) is 24.2. The second-order valence-corrected chi connectivity index (χ2v) is 8.76. The predicted octanol–water partition coefficient (Wildman–Crippen LogP) is 7.48. The van der Waals surface area contributed by atoms with E-state index in [0.29, 0.717) is 16.5 Å². The van der Waals surface area contributed by atoms with E-state index >= 15 is 0 Å². The van der Waals surface area contributed by atoms with E-state index in [2.05, 4.69) is 0 Å². The topological polar surface area (TPSA) is 44.8 Å². The van der Waals surface area contributed by atoms with Crippen LogP contribution in [0.3, 0.4) is 0 Å². The Labute approximate surface area is 195 Å². The third-order valence-corrected chi connectivity index (χ3v) is 5.18. The molecular weight excluding hydrogens is 424 g/mol. The Hall–Kier alpha value is -2.98. The molecule has 0 spiro atoms. The Kier molecular flexibility index (Phi) is 8.18. The van der Waals surface area contributed by atoms with Gasteiger partial charge in [0.25, 0.3) is 0 Å². The van der Waals surface area contributed by atoms with Gasteiger partial charge in [-0.05, 0) is 60.0 Å². The first-order valence-electron chi connectivity index (χ1n) is 10.8. The van der Waals surface area contributed by atoms with Gasteiger partial charge in [0.15, 0.2) is 6.10 Å². The van der Waals surface area contributed by atoms with Crippen LogP contribution >= 0.6 is 11.6 Å². The molecule has 32 heavy (non-hydrogen) atoms. The normalized spacial score (nSPS) is 13.0. The summed E-state index contributed by atoms with van der Waals surface area (Å²) in [7, 11) is 0. The van der Waals surface area contributed by atoms with Crippen molar-refractivity contribution >= 4 is 17.6 Å². The number of hydrogen-bond donors (Lipinski definition) is 0. The van der Waals surface area contributed by atoms with Crippen molar-refractivity contribution in [3.63, 3.8) is 0 Å². The highest BCUT2D eigenvalue weighted by Crippen LogP contribution is 2.31. The zero-order chi connectivity index (χ0) is 23.1. The first-order chi connectivity index (χ1) is 15.3. The van der Waals surface area contributed by atoms with Crippen molar-refractivity contribution in [1.29, 1.82) is 0 Å². The number of hydrogen-bond acceptors (Lipinski definition) is 4. The Morgan fingerprint density at radius 2 is 1.41 bits per heavy atom. The van der Waals surface area contributed by atoms with Crippen molar-refractivity contribution in [1.82, 2.24) is 0 Å². The molecule has 0 aliphatic heterocycles. The van der Waals surface area contributed by atoms with E-state index in [1.165, 1.54) is 0 Å². The van der Waals surface area contributed by atoms with Crippen LogP contribution in [0.1, 0.15) is 39.4 Å². The first kappa shape index (κ1) is 23.7. The van der Waals surface area contributed by atoms with Crippen molar-refractivity contribution in [3.8, 4) is 17.2 Å². The van der Waals surface area contributed by atoms with E-state index in [4.69, 9.17) is 25.8 Å². The van der Waals surface area contributed by atoms with Gasteiger partial charge in [0, 0.05) is 10.9 Å². The molecule has 3 aromatic rings. The number of carbonyl (C=O) groups is 1. The molecular formula is C27H29ClO4. The molecule has 0 amide bonds. The van der Waals surface area contributed by atoms with Crippen molar-refractivity contribution in [2.24, 2.45) is 11.8 Å². The summed E-state index contributed by atoms with van der Waals surface area (Å²) in [5.74, 6) is 1.60. The minimum Gasteiger partial charge on any atom is -0.478 e. The Balaban J connectivity index is 1.76. The average Bonchev–Trinajstić information content (AvgIpc) is 2.77. The smallest absolute Gasteiger partial charge is 0.348 e. The van der Waals surface area contributed by atoms with E-state index in [9.17, 15) is 4.79 Å². The number of ether oxygens (including phenoxy) is 3.